The van der Waals surface area contributed by atoms with Crippen molar-refractivity contribution in [2.45, 2.75) is 58.9 Å². The van der Waals surface area contributed by atoms with Crippen LogP contribution < -0.4 is 15.8 Å². The quantitative estimate of drug-likeness (QED) is 0.497. The van der Waals surface area contributed by atoms with Gasteiger partial charge in [-0.25, -0.2) is 9.78 Å². The van der Waals surface area contributed by atoms with Crippen LogP contribution in [0.2, 0.25) is 0 Å². The van der Waals surface area contributed by atoms with Gasteiger partial charge >= 0.3 is 5.97 Å². The van der Waals surface area contributed by atoms with E-state index in [1.54, 1.807) is 28.7 Å². The molecule has 2 aromatic heterocycles. The van der Waals surface area contributed by atoms with Crippen LogP contribution in [-0.4, -0.2) is 33.6 Å². The molecule has 7 nitrogen and oxygen atoms in total. The van der Waals surface area contributed by atoms with Crippen LogP contribution in [-0.2, 0) is 0 Å². The van der Waals surface area contributed by atoms with Gasteiger partial charge in [-0.3, -0.25) is 9.20 Å². The zero-order valence-corrected chi connectivity index (χ0v) is 21.2. The summed E-state index contributed by atoms with van der Waals surface area (Å²) >= 11 is 0. The molecule has 3 aromatic rings. The fourth-order valence-electron chi connectivity index (χ4n) is 6.69. The second-order valence-corrected chi connectivity index (χ2v) is 11.2. The molecule has 0 amide bonds. The van der Waals surface area contributed by atoms with Crippen molar-refractivity contribution in [2.75, 3.05) is 23.3 Å². The van der Waals surface area contributed by atoms with E-state index in [1.807, 2.05) is 33.0 Å². The summed E-state index contributed by atoms with van der Waals surface area (Å²) in [5.41, 5.74) is 4.12. The van der Waals surface area contributed by atoms with Crippen LogP contribution in [0.25, 0.3) is 5.65 Å². The molecule has 3 heterocycles. The second-order valence-electron chi connectivity index (χ2n) is 11.2. The Hall–Kier alpha value is -3.35. The van der Waals surface area contributed by atoms with Gasteiger partial charge in [-0.2, -0.15) is 0 Å². The maximum atomic E-state index is 13.5. The van der Waals surface area contributed by atoms with E-state index in [-0.39, 0.29) is 23.1 Å². The minimum atomic E-state index is -0.989. The lowest BCUT2D eigenvalue weighted by molar-refractivity contribution is -0.156. The number of para-hydroxylation sites is 1. The number of aryl methyl sites for hydroxylation is 1. The van der Waals surface area contributed by atoms with Crippen molar-refractivity contribution >= 4 is 23.1 Å². The number of carbonyl (C=O) groups is 1. The molecule has 7 heteroatoms. The van der Waals surface area contributed by atoms with Crippen LogP contribution in [0.4, 0.5) is 11.5 Å². The number of piperidine rings is 1. The van der Waals surface area contributed by atoms with Gasteiger partial charge in [0, 0.05) is 31.9 Å². The number of hydrogen-bond donors (Lipinski definition) is 2. The van der Waals surface area contributed by atoms with Crippen LogP contribution in [0.3, 0.4) is 0 Å². The molecule has 3 aliphatic carbocycles. The van der Waals surface area contributed by atoms with Crippen molar-refractivity contribution in [2.24, 2.45) is 17.2 Å². The van der Waals surface area contributed by atoms with Gasteiger partial charge in [0.1, 0.15) is 11.5 Å². The largest absolute Gasteiger partial charge is 0.478 e. The Morgan fingerprint density at radius 1 is 1.22 bits per heavy atom. The fourth-order valence-corrected chi connectivity index (χ4v) is 6.69. The van der Waals surface area contributed by atoms with Crippen LogP contribution >= 0.6 is 0 Å². The molecule has 4 aliphatic rings. The van der Waals surface area contributed by atoms with Gasteiger partial charge < -0.3 is 15.3 Å². The molecule has 2 bridgehead atoms. The lowest BCUT2D eigenvalue weighted by atomic mass is 9.39. The maximum Gasteiger partial charge on any atom is 0.337 e. The Labute approximate surface area is 212 Å². The minimum Gasteiger partial charge on any atom is -0.478 e. The highest BCUT2D eigenvalue weighted by Gasteiger charge is 2.60. The van der Waals surface area contributed by atoms with Crippen molar-refractivity contribution in [3.8, 4) is 0 Å². The number of rotatable bonds is 6. The first kappa shape index (κ1) is 21.9. The average Bonchev–Trinajstić information content (AvgIpc) is 2.84. The summed E-state index contributed by atoms with van der Waals surface area (Å²) < 4.78 is 9.89. The molecule has 1 aromatic carbocycles. The van der Waals surface area contributed by atoms with E-state index < -0.39 is 5.97 Å². The standard InChI is InChI=1S/C29H34N4O3/c1-17-12-23(19(3)30-24-7-5-4-6-22(24)28(35)36)26-31-25(18(2)27(34)33(26)16-17)32-10-8-21(9-11-32)29-13-20(14-29)15-29/h4-7,12,16,19-21,30H,8-11,13-15H2,1-3H3,(H,35,36)/t19-,20?,29?/m1/s1/i20D. The molecule has 0 radical (unpaired) electrons. The van der Waals surface area contributed by atoms with Crippen LogP contribution in [0.5, 0.6) is 0 Å². The van der Waals surface area contributed by atoms with Crippen molar-refractivity contribution in [3.05, 3.63) is 69.1 Å². The number of carboxylic acids is 1. The number of benzene rings is 1. The molecule has 1 atom stereocenters. The van der Waals surface area contributed by atoms with Crippen molar-refractivity contribution in [1.29, 1.82) is 0 Å². The molecule has 4 fully saturated rings. The maximum absolute atomic E-state index is 13.5. The highest BCUT2D eigenvalue weighted by atomic mass is 16.4. The van der Waals surface area contributed by atoms with Gasteiger partial charge in [0.25, 0.3) is 5.56 Å². The zero-order valence-electron chi connectivity index (χ0n) is 22.2. The lowest BCUT2D eigenvalue weighted by Gasteiger charge is -2.66. The molecule has 3 saturated carbocycles. The molecule has 0 spiro atoms. The number of carboxylic acid groups (broad SMARTS) is 1. The molecule has 2 N–H and O–H groups in total. The molecule has 1 aliphatic heterocycles. The molecular weight excluding hydrogens is 452 g/mol. The van der Waals surface area contributed by atoms with Gasteiger partial charge in [0.15, 0.2) is 0 Å². The van der Waals surface area contributed by atoms with Crippen LogP contribution in [0.1, 0.15) is 73.5 Å². The third-order valence-electron chi connectivity index (χ3n) is 8.75. The monoisotopic (exact) mass is 487 g/mol. The number of nitrogens with one attached hydrogen (secondary N) is 1. The van der Waals surface area contributed by atoms with E-state index in [9.17, 15) is 14.7 Å². The van der Waals surface area contributed by atoms with Gasteiger partial charge in [-0.1, -0.05) is 12.1 Å². The number of anilines is 2. The molecule has 7 rings (SSSR count). The molecule has 1 saturated heterocycles. The summed E-state index contributed by atoms with van der Waals surface area (Å²) in [4.78, 5) is 32.6. The van der Waals surface area contributed by atoms with Crippen molar-refractivity contribution in [1.82, 2.24) is 9.38 Å². The number of hydrogen-bond acceptors (Lipinski definition) is 5. The Bertz CT molecular complexity index is 1450. The molecule has 0 unspecified atom stereocenters. The van der Waals surface area contributed by atoms with Crippen LogP contribution in [0, 0.1) is 31.1 Å². The highest BCUT2D eigenvalue weighted by Crippen LogP contribution is 2.69. The number of aromatic carboxylic acids is 1. The number of aromatic nitrogens is 2. The first-order valence-electron chi connectivity index (χ1n) is 13.5. The topological polar surface area (TPSA) is 86.9 Å². The van der Waals surface area contributed by atoms with E-state index in [2.05, 4.69) is 10.2 Å². The van der Waals surface area contributed by atoms with E-state index in [4.69, 9.17) is 6.35 Å². The number of pyridine rings is 1. The van der Waals surface area contributed by atoms with Gasteiger partial charge in [-0.05, 0) is 93.9 Å². The molecular formula is C29H34N4O3. The molecule has 188 valence electrons. The normalized spacial score (nSPS) is 26.6. The summed E-state index contributed by atoms with van der Waals surface area (Å²) in [6.45, 7) is 7.53. The number of fused-ring (bicyclic) bond motifs is 1. The van der Waals surface area contributed by atoms with Crippen molar-refractivity contribution in [3.63, 3.8) is 0 Å². The van der Waals surface area contributed by atoms with E-state index >= 15 is 0 Å². The van der Waals surface area contributed by atoms with Gasteiger partial charge in [0.2, 0.25) is 0 Å². The summed E-state index contributed by atoms with van der Waals surface area (Å²) in [5, 5.41) is 12.9. The van der Waals surface area contributed by atoms with Gasteiger partial charge in [0.05, 0.1) is 17.2 Å². The zero-order chi connectivity index (χ0) is 26.1. The lowest BCUT2D eigenvalue weighted by Crippen LogP contribution is -2.58. The Morgan fingerprint density at radius 2 is 1.92 bits per heavy atom. The fraction of sp³-hybridized carbons (Fsp3) is 0.483. The smallest absolute Gasteiger partial charge is 0.337 e. The number of nitrogens with zero attached hydrogens (tertiary/aromatic N) is 3. The third kappa shape index (κ3) is 3.59. The Morgan fingerprint density at radius 3 is 2.58 bits per heavy atom. The Balaban J connectivity index is 1.32. The summed E-state index contributed by atoms with van der Waals surface area (Å²) in [5.74, 6) is 0.319. The van der Waals surface area contributed by atoms with Gasteiger partial charge in [-0.15, -0.1) is 0 Å². The predicted molar refractivity (Wildman–Crippen MR) is 141 cm³/mol. The summed E-state index contributed by atoms with van der Waals surface area (Å²) in [7, 11) is 0. The van der Waals surface area contributed by atoms with E-state index in [1.165, 1.54) is 0 Å². The Kier molecular flexibility index (Phi) is 5.08. The minimum absolute atomic E-state index is 0.0687. The van der Waals surface area contributed by atoms with E-state index in [0.717, 1.165) is 62.1 Å². The van der Waals surface area contributed by atoms with Crippen LogP contribution in [0.15, 0.2) is 41.3 Å². The van der Waals surface area contributed by atoms with Crippen molar-refractivity contribution < 1.29 is 11.3 Å². The predicted octanol–water partition coefficient (Wildman–Crippen LogP) is 5.20. The first-order valence-corrected chi connectivity index (χ1v) is 13.0. The van der Waals surface area contributed by atoms with E-state index in [0.29, 0.717) is 28.2 Å². The third-order valence-corrected chi connectivity index (χ3v) is 8.75. The second kappa shape index (κ2) is 8.36. The SMILES string of the molecule is [2H]C12CC(C3CCN(c4nc5c([C@@H](C)Nc6ccccc6C(=O)O)cc(C)cn5c(=O)c4C)CC3)(C1)C2. The summed E-state index contributed by atoms with van der Waals surface area (Å²) in [6, 6.07) is 8.60. The summed E-state index contributed by atoms with van der Waals surface area (Å²) in [6.07, 6.45) is 7.20. The molecule has 36 heavy (non-hydrogen) atoms. The average molecular weight is 488 g/mol. The first-order chi connectivity index (χ1) is 17.6. The highest BCUT2D eigenvalue weighted by molar-refractivity contribution is 5.94.